The van der Waals surface area contributed by atoms with Crippen LogP contribution in [0.2, 0.25) is 0 Å². The second-order valence-electron chi connectivity index (χ2n) is 3.41. The molecule has 1 heterocycles. The van der Waals surface area contributed by atoms with Gasteiger partial charge in [0.05, 0.1) is 0 Å². The third-order valence-corrected chi connectivity index (χ3v) is 3.81. The van der Waals surface area contributed by atoms with E-state index in [9.17, 15) is 8.42 Å². The average molecular weight is 310 g/mol. The van der Waals surface area contributed by atoms with Gasteiger partial charge in [-0.05, 0) is 13.3 Å². The molecule has 1 N–H and O–H groups in total. The van der Waals surface area contributed by atoms with Gasteiger partial charge >= 0.3 is 0 Å². The summed E-state index contributed by atoms with van der Waals surface area (Å²) in [4.78, 5) is 4.05. The van der Waals surface area contributed by atoms with Gasteiger partial charge in [0.2, 0.25) is 0 Å². The zero-order valence-electron chi connectivity index (χ0n) is 9.40. The number of sulfonamides is 1. The molecule has 0 aromatic carbocycles. The third-order valence-electron chi connectivity index (χ3n) is 2.08. The second-order valence-corrected chi connectivity index (χ2v) is 5.91. The minimum absolute atomic E-state index is 0.0967. The molecule has 1 aromatic rings. The minimum Gasteiger partial charge on any atom is -0.334 e. The first-order chi connectivity index (χ1) is 7.51. The van der Waals surface area contributed by atoms with Gasteiger partial charge in [0, 0.05) is 24.6 Å². The van der Waals surface area contributed by atoms with Crippen LogP contribution in [0.4, 0.5) is 0 Å². The number of hydrogen-bond donors (Lipinski definition) is 1. The summed E-state index contributed by atoms with van der Waals surface area (Å²) < 4.78 is 27.8. The summed E-state index contributed by atoms with van der Waals surface area (Å²) in [7, 11) is -3.45. The van der Waals surface area contributed by atoms with E-state index in [0.29, 0.717) is 11.9 Å². The summed E-state index contributed by atoms with van der Waals surface area (Å²) in [6.45, 7) is 4.99. The monoisotopic (exact) mass is 309 g/mol. The highest BCUT2D eigenvalue weighted by Gasteiger charge is 2.17. The fourth-order valence-corrected chi connectivity index (χ4v) is 2.82. The lowest BCUT2D eigenvalue weighted by molar-refractivity contribution is 0.580. The van der Waals surface area contributed by atoms with E-state index in [2.05, 4.69) is 25.6 Å². The number of rotatable bonds is 6. The van der Waals surface area contributed by atoms with E-state index in [1.165, 1.54) is 0 Å². The molecule has 5 nitrogen and oxygen atoms in total. The first-order valence-corrected chi connectivity index (χ1v) is 7.71. The fourth-order valence-electron chi connectivity index (χ4n) is 1.32. The van der Waals surface area contributed by atoms with Crippen molar-refractivity contribution in [2.24, 2.45) is 0 Å². The lowest BCUT2D eigenvalue weighted by Crippen LogP contribution is -2.25. The Bertz CT molecular complexity index is 442. The molecule has 0 radical (unpaired) electrons. The molecule has 1 rings (SSSR count). The van der Waals surface area contributed by atoms with Gasteiger partial charge in [-0.15, -0.1) is 0 Å². The molecule has 0 spiro atoms. The van der Waals surface area contributed by atoms with Crippen molar-refractivity contribution >= 4 is 26.0 Å². The highest BCUT2D eigenvalue weighted by atomic mass is 79.9. The van der Waals surface area contributed by atoms with Crippen molar-refractivity contribution in [3.05, 3.63) is 12.0 Å². The van der Waals surface area contributed by atoms with Crippen molar-refractivity contribution in [3.8, 4) is 0 Å². The SMILES string of the molecule is CCCn1cc(S(=O)(=O)NCCBr)nc1C. The van der Waals surface area contributed by atoms with Gasteiger partial charge in [0.15, 0.2) is 5.03 Å². The normalized spacial score (nSPS) is 11.9. The third kappa shape index (κ3) is 3.29. The molecule has 0 aliphatic heterocycles. The Morgan fingerprint density at radius 2 is 2.25 bits per heavy atom. The second kappa shape index (κ2) is 5.79. The van der Waals surface area contributed by atoms with Crippen molar-refractivity contribution < 1.29 is 8.42 Å². The number of aromatic nitrogens is 2. The maximum atomic E-state index is 11.8. The number of nitrogens with one attached hydrogen (secondary N) is 1. The summed E-state index contributed by atoms with van der Waals surface area (Å²) in [5.74, 6) is 0.723. The highest BCUT2D eigenvalue weighted by molar-refractivity contribution is 9.09. The number of nitrogens with zero attached hydrogens (tertiary/aromatic N) is 2. The predicted octanol–water partition coefficient (Wildman–Crippen LogP) is 1.27. The summed E-state index contributed by atoms with van der Waals surface area (Å²) in [5, 5.41) is 0.681. The Hall–Kier alpha value is -0.400. The van der Waals surface area contributed by atoms with E-state index in [1.807, 2.05) is 11.5 Å². The van der Waals surface area contributed by atoms with Gasteiger partial charge in [-0.25, -0.2) is 18.1 Å². The van der Waals surface area contributed by atoms with Crippen LogP contribution in [0, 0.1) is 6.92 Å². The van der Waals surface area contributed by atoms with Gasteiger partial charge in [0.1, 0.15) is 5.82 Å². The van der Waals surface area contributed by atoms with Crippen LogP contribution in [-0.2, 0) is 16.6 Å². The van der Waals surface area contributed by atoms with Crippen molar-refractivity contribution in [3.63, 3.8) is 0 Å². The molecule has 92 valence electrons. The minimum atomic E-state index is -3.45. The van der Waals surface area contributed by atoms with Crippen LogP contribution in [-0.4, -0.2) is 29.8 Å². The molecule has 0 bridgehead atoms. The van der Waals surface area contributed by atoms with Crippen molar-refractivity contribution in [1.29, 1.82) is 0 Å². The van der Waals surface area contributed by atoms with E-state index in [4.69, 9.17) is 0 Å². The van der Waals surface area contributed by atoms with Crippen molar-refractivity contribution in [2.45, 2.75) is 31.8 Å². The number of imidazole rings is 1. The first kappa shape index (κ1) is 13.7. The molecular weight excluding hydrogens is 294 g/mol. The number of alkyl halides is 1. The molecular formula is C9H16BrN3O2S. The fraction of sp³-hybridized carbons (Fsp3) is 0.667. The summed E-state index contributed by atoms with van der Waals surface area (Å²) >= 11 is 3.17. The molecule has 0 aliphatic carbocycles. The van der Waals surface area contributed by atoms with Crippen molar-refractivity contribution in [2.75, 3.05) is 11.9 Å². The molecule has 1 aromatic heterocycles. The molecule has 0 saturated heterocycles. The van der Waals surface area contributed by atoms with Gasteiger partial charge in [-0.3, -0.25) is 0 Å². The van der Waals surface area contributed by atoms with Gasteiger partial charge < -0.3 is 4.57 Å². The van der Waals surface area contributed by atoms with Crippen LogP contribution in [0.5, 0.6) is 0 Å². The van der Waals surface area contributed by atoms with Gasteiger partial charge in [-0.1, -0.05) is 22.9 Å². The lowest BCUT2D eigenvalue weighted by atomic mass is 10.5. The average Bonchev–Trinajstić information content (AvgIpc) is 2.59. The predicted molar refractivity (Wildman–Crippen MR) is 66.2 cm³/mol. The van der Waals surface area contributed by atoms with Crippen molar-refractivity contribution in [1.82, 2.24) is 14.3 Å². The Morgan fingerprint density at radius 1 is 1.56 bits per heavy atom. The zero-order valence-corrected chi connectivity index (χ0v) is 11.8. The van der Waals surface area contributed by atoms with E-state index >= 15 is 0 Å². The standard InChI is InChI=1S/C9H16BrN3O2S/c1-3-6-13-7-9(12-8(13)2)16(14,15)11-5-4-10/h7,11H,3-6H2,1-2H3. The largest absolute Gasteiger partial charge is 0.334 e. The Morgan fingerprint density at radius 3 is 2.81 bits per heavy atom. The van der Waals surface area contributed by atoms with Crippen LogP contribution >= 0.6 is 15.9 Å². The van der Waals surface area contributed by atoms with E-state index in [0.717, 1.165) is 18.8 Å². The molecule has 0 saturated carbocycles. The van der Waals surface area contributed by atoms with Crippen LogP contribution in [0.15, 0.2) is 11.2 Å². The number of aryl methyl sites for hydroxylation is 2. The van der Waals surface area contributed by atoms with Crippen LogP contribution < -0.4 is 4.72 Å². The quantitative estimate of drug-likeness (QED) is 0.805. The number of hydrogen-bond acceptors (Lipinski definition) is 3. The van der Waals surface area contributed by atoms with Gasteiger partial charge in [0.25, 0.3) is 10.0 Å². The Labute approximate surface area is 104 Å². The zero-order chi connectivity index (χ0) is 12.2. The van der Waals surface area contributed by atoms with E-state index in [-0.39, 0.29) is 5.03 Å². The summed E-state index contributed by atoms with van der Waals surface area (Å²) in [5.41, 5.74) is 0. The molecule has 0 aliphatic rings. The topological polar surface area (TPSA) is 64.0 Å². The summed E-state index contributed by atoms with van der Waals surface area (Å²) in [6, 6.07) is 0. The Kier molecular flexibility index (Phi) is 4.94. The summed E-state index contributed by atoms with van der Waals surface area (Å²) in [6.07, 6.45) is 2.53. The molecule has 7 heteroatoms. The van der Waals surface area contributed by atoms with E-state index < -0.39 is 10.0 Å². The number of halogens is 1. The maximum Gasteiger partial charge on any atom is 0.259 e. The highest BCUT2D eigenvalue weighted by Crippen LogP contribution is 2.09. The molecule has 16 heavy (non-hydrogen) atoms. The molecule has 0 unspecified atom stereocenters. The maximum absolute atomic E-state index is 11.8. The molecule has 0 fully saturated rings. The first-order valence-electron chi connectivity index (χ1n) is 5.10. The van der Waals surface area contributed by atoms with E-state index in [1.54, 1.807) is 13.1 Å². The Balaban J connectivity index is 2.91. The molecule has 0 amide bonds. The molecule has 0 atom stereocenters. The van der Waals surface area contributed by atoms with Gasteiger partial charge in [-0.2, -0.15) is 0 Å². The van der Waals surface area contributed by atoms with Crippen LogP contribution in [0.25, 0.3) is 0 Å². The van der Waals surface area contributed by atoms with Crippen LogP contribution in [0.1, 0.15) is 19.2 Å². The lowest BCUT2D eigenvalue weighted by Gasteiger charge is -2.01. The van der Waals surface area contributed by atoms with Crippen LogP contribution in [0.3, 0.4) is 0 Å². The smallest absolute Gasteiger partial charge is 0.259 e.